The molecule has 0 aromatic heterocycles. The van der Waals surface area contributed by atoms with E-state index in [-0.39, 0.29) is 17.9 Å². The average Bonchev–Trinajstić information content (AvgIpc) is 2.44. The van der Waals surface area contributed by atoms with Crippen LogP contribution < -0.4 is 0 Å². The smallest absolute Gasteiger partial charge is 0.227 e. The molecule has 1 heterocycles. The van der Waals surface area contributed by atoms with E-state index >= 15 is 0 Å². The summed E-state index contributed by atoms with van der Waals surface area (Å²) in [7, 11) is 0. The van der Waals surface area contributed by atoms with E-state index in [0.29, 0.717) is 13.1 Å². The predicted octanol–water partition coefficient (Wildman–Crippen LogP) is 2.05. The van der Waals surface area contributed by atoms with E-state index in [2.05, 4.69) is 20.8 Å². The highest BCUT2D eigenvalue weighted by Gasteiger charge is 2.22. The van der Waals surface area contributed by atoms with Crippen molar-refractivity contribution in [3.63, 3.8) is 0 Å². The SMILES string of the molecule is O=C(Cc1c(F)cccc1F)N1CCN(CCBr)CC1. The van der Waals surface area contributed by atoms with Gasteiger partial charge in [0.15, 0.2) is 0 Å². The van der Waals surface area contributed by atoms with Gasteiger partial charge in [-0.3, -0.25) is 9.69 Å². The van der Waals surface area contributed by atoms with Crippen LogP contribution in [0.25, 0.3) is 0 Å². The Hall–Kier alpha value is -1.01. The van der Waals surface area contributed by atoms with Gasteiger partial charge in [-0.25, -0.2) is 8.78 Å². The Kier molecular flexibility index (Phi) is 5.48. The van der Waals surface area contributed by atoms with Gasteiger partial charge in [0.25, 0.3) is 0 Å². The molecule has 0 bridgehead atoms. The third kappa shape index (κ3) is 3.76. The van der Waals surface area contributed by atoms with Crippen LogP contribution in [0, 0.1) is 11.6 Å². The third-order valence-corrected chi connectivity index (χ3v) is 3.87. The van der Waals surface area contributed by atoms with Gasteiger partial charge >= 0.3 is 0 Å². The van der Waals surface area contributed by atoms with Crippen molar-refractivity contribution in [2.24, 2.45) is 0 Å². The lowest BCUT2D eigenvalue weighted by molar-refractivity contribution is -0.132. The number of rotatable bonds is 4. The zero-order valence-electron chi connectivity index (χ0n) is 11.1. The first-order valence-corrected chi connectivity index (χ1v) is 7.73. The molecule has 1 aromatic carbocycles. The molecular weight excluding hydrogens is 330 g/mol. The first kappa shape index (κ1) is 15.4. The van der Waals surface area contributed by atoms with Crippen LogP contribution >= 0.6 is 15.9 Å². The third-order valence-electron chi connectivity index (χ3n) is 3.52. The monoisotopic (exact) mass is 346 g/mol. The molecule has 0 spiro atoms. The van der Waals surface area contributed by atoms with E-state index < -0.39 is 11.6 Å². The number of nitrogens with zero attached hydrogens (tertiary/aromatic N) is 2. The van der Waals surface area contributed by atoms with Gasteiger partial charge in [0, 0.05) is 43.6 Å². The number of halogens is 3. The second-order valence-electron chi connectivity index (χ2n) is 4.79. The summed E-state index contributed by atoms with van der Waals surface area (Å²) in [6.07, 6.45) is -0.211. The molecular formula is C14H17BrF2N2O. The molecule has 1 fully saturated rings. The normalized spacial score (nSPS) is 16.4. The molecule has 3 nitrogen and oxygen atoms in total. The van der Waals surface area contributed by atoms with Crippen LogP contribution in [0.4, 0.5) is 8.78 Å². The van der Waals surface area contributed by atoms with Gasteiger partial charge in [-0.15, -0.1) is 0 Å². The van der Waals surface area contributed by atoms with Gasteiger partial charge in [0.1, 0.15) is 11.6 Å². The molecule has 1 aromatic rings. The number of carbonyl (C=O) groups excluding carboxylic acids is 1. The molecule has 0 unspecified atom stereocenters. The van der Waals surface area contributed by atoms with Crippen LogP contribution in [0.15, 0.2) is 18.2 Å². The second kappa shape index (κ2) is 7.13. The average molecular weight is 347 g/mol. The lowest BCUT2D eigenvalue weighted by atomic mass is 10.1. The molecule has 0 radical (unpaired) electrons. The highest BCUT2D eigenvalue weighted by atomic mass is 79.9. The van der Waals surface area contributed by atoms with Crippen molar-refractivity contribution in [3.05, 3.63) is 35.4 Å². The summed E-state index contributed by atoms with van der Waals surface area (Å²) in [5.74, 6) is -1.53. The molecule has 0 atom stereocenters. The highest BCUT2D eigenvalue weighted by Crippen LogP contribution is 2.14. The molecule has 0 aliphatic carbocycles. The molecule has 0 saturated carbocycles. The summed E-state index contributed by atoms with van der Waals surface area (Å²) in [6, 6.07) is 3.66. The molecule has 110 valence electrons. The van der Waals surface area contributed by atoms with Gasteiger partial charge in [-0.2, -0.15) is 0 Å². The maximum absolute atomic E-state index is 13.5. The Bertz CT molecular complexity index is 456. The Morgan fingerprint density at radius 3 is 2.30 bits per heavy atom. The van der Waals surface area contributed by atoms with E-state index in [4.69, 9.17) is 0 Å². The number of hydrogen-bond donors (Lipinski definition) is 0. The van der Waals surface area contributed by atoms with Gasteiger partial charge in [0.2, 0.25) is 5.91 Å². The summed E-state index contributed by atoms with van der Waals surface area (Å²) in [5, 5.41) is 0.904. The largest absolute Gasteiger partial charge is 0.340 e. The van der Waals surface area contributed by atoms with Crippen LogP contribution in [-0.2, 0) is 11.2 Å². The van der Waals surface area contributed by atoms with Gasteiger partial charge in [0.05, 0.1) is 6.42 Å². The number of benzene rings is 1. The summed E-state index contributed by atoms with van der Waals surface area (Å²) < 4.78 is 27.0. The topological polar surface area (TPSA) is 23.6 Å². The fraction of sp³-hybridized carbons (Fsp3) is 0.500. The maximum Gasteiger partial charge on any atom is 0.227 e. The molecule has 1 amide bonds. The van der Waals surface area contributed by atoms with Crippen LogP contribution in [0.3, 0.4) is 0 Å². The van der Waals surface area contributed by atoms with Crippen LogP contribution in [0.1, 0.15) is 5.56 Å². The number of carbonyl (C=O) groups is 1. The Morgan fingerprint density at radius 2 is 1.75 bits per heavy atom. The fourth-order valence-electron chi connectivity index (χ4n) is 2.30. The zero-order valence-corrected chi connectivity index (χ0v) is 12.7. The van der Waals surface area contributed by atoms with Crippen molar-refractivity contribution in [2.75, 3.05) is 38.1 Å². The predicted molar refractivity (Wildman–Crippen MR) is 76.9 cm³/mol. The summed E-state index contributed by atoms with van der Waals surface area (Å²) in [6.45, 7) is 3.78. The molecule has 6 heteroatoms. The number of hydrogen-bond acceptors (Lipinski definition) is 2. The molecule has 1 aliphatic rings. The molecule has 1 saturated heterocycles. The number of piperazine rings is 1. The van der Waals surface area contributed by atoms with Crippen molar-refractivity contribution in [3.8, 4) is 0 Å². The van der Waals surface area contributed by atoms with Crippen LogP contribution in [0.5, 0.6) is 0 Å². The summed E-state index contributed by atoms with van der Waals surface area (Å²) in [4.78, 5) is 16.0. The molecule has 0 N–H and O–H groups in total. The maximum atomic E-state index is 13.5. The Morgan fingerprint density at radius 1 is 1.15 bits per heavy atom. The van der Waals surface area contributed by atoms with Crippen LogP contribution in [-0.4, -0.2) is 53.8 Å². The molecule has 2 rings (SSSR count). The van der Waals surface area contributed by atoms with E-state index in [9.17, 15) is 13.6 Å². The lowest BCUT2D eigenvalue weighted by Gasteiger charge is -2.34. The standard InChI is InChI=1S/C14H17BrF2N2O/c15-4-5-18-6-8-19(9-7-18)14(20)10-11-12(16)2-1-3-13(11)17/h1-3H,4-10H2. The van der Waals surface area contributed by atoms with E-state index in [1.54, 1.807) is 4.90 Å². The number of alkyl halides is 1. The van der Waals surface area contributed by atoms with Crippen LogP contribution in [0.2, 0.25) is 0 Å². The van der Waals surface area contributed by atoms with E-state index in [1.165, 1.54) is 18.2 Å². The highest BCUT2D eigenvalue weighted by molar-refractivity contribution is 9.09. The van der Waals surface area contributed by atoms with Gasteiger partial charge < -0.3 is 4.90 Å². The van der Waals surface area contributed by atoms with E-state index in [0.717, 1.165) is 25.0 Å². The van der Waals surface area contributed by atoms with Crippen molar-refractivity contribution in [1.82, 2.24) is 9.80 Å². The summed E-state index contributed by atoms with van der Waals surface area (Å²) >= 11 is 3.38. The molecule has 1 aliphatic heterocycles. The van der Waals surface area contributed by atoms with Crippen molar-refractivity contribution in [2.45, 2.75) is 6.42 Å². The summed E-state index contributed by atoms with van der Waals surface area (Å²) in [5.41, 5.74) is -0.139. The quantitative estimate of drug-likeness (QED) is 0.779. The van der Waals surface area contributed by atoms with E-state index in [1.807, 2.05) is 0 Å². The fourth-order valence-corrected chi connectivity index (χ4v) is 2.81. The molecule has 20 heavy (non-hydrogen) atoms. The minimum Gasteiger partial charge on any atom is -0.340 e. The Labute approximate surface area is 125 Å². The second-order valence-corrected chi connectivity index (χ2v) is 5.58. The Balaban J connectivity index is 1.93. The minimum absolute atomic E-state index is 0.139. The first-order chi connectivity index (χ1) is 9.61. The first-order valence-electron chi connectivity index (χ1n) is 6.61. The van der Waals surface area contributed by atoms with Gasteiger partial charge in [-0.1, -0.05) is 22.0 Å². The minimum atomic E-state index is -0.656. The van der Waals surface area contributed by atoms with Gasteiger partial charge in [-0.05, 0) is 12.1 Å². The lowest BCUT2D eigenvalue weighted by Crippen LogP contribution is -2.49. The van der Waals surface area contributed by atoms with Crippen molar-refractivity contribution >= 4 is 21.8 Å². The zero-order chi connectivity index (χ0) is 14.5. The number of amides is 1. The van der Waals surface area contributed by atoms with Crippen molar-refractivity contribution < 1.29 is 13.6 Å². The van der Waals surface area contributed by atoms with Crippen molar-refractivity contribution in [1.29, 1.82) is 0 Å².